The van der Waals surface area contributed by atoms with Crippen LogP contribution in [0.5, 0.6) is 5.75 Å². The summed E-state index contributed by atoms with van der Waals surface area (Å²) in [5.74, 6) is 0.677. The van der Waals surface area contributed by atoms with Crippen LogP contribution in [0.15, 0.2) is 30.3 Å². The van der Waals surface area contributed by atoms with Crippen LogP contribution in [0.2, 0.25) is 5.02 Å². The summed E-state index contributed by atoms with van der Waals surface area (Å²) in [6.07, 6.45) is 0.645. The van der Waals surface area contributed by atoms with Gasteiger partial charge in [0.25, 0.3) is 0 Å². The van der Waals surface area contributed by atoms with Crippen LogP contribution < -0.4 is 4.74 Å². The fraction of sp³-hybridized carbons (Fsp3) is 0.0833. The van der Waals surface area contributed by atoms with Gasteiger partial charge >= 0.3 is 0 Å². The molecule has 0 aliphatic carbocycles. The SMILES string of the molecule is COc1ccc(-c2ccc(C=O)nn2)c(Cl)c1. The summed E-state index contributed by atoms with van der Waals surface area (Å²) >= 11 is 6.10. The van der Waals surface area contributed by atoms with Crippen molar-refractivity contribution in [3.63, 3.8) is 0 Å². The van der Waals surface area contributed by atoms with Gasteiger partial charge in [0.15, 0.2) is 6.29 Å². The first kappa shape index (κ1) is 11.5. The fourth-order valence-corrected chi connectivity index (χ4v) is 1.65. The lowest BCUT2D eigenvalue weighted by molar-refractivity contribution is 0.111. The summed E-state index contributed by atoms with van der Waals surface area (Å²) in [6, 6.07) is 8.58. The van der Waals surface area contributed by atoms with E-state index in [4.69, 9.17) is 16.3 Å². The molecule has 0 N–H and O–H groups in total. The van der Waals surface area contributed by atoms with Crippen LogP contribution in [0.4, 0.5) is 0 Å². The molecule has 0 aliphatic rings. The second-order valence-corrected chi connectivity index (χ2v) is 3.71. The second-order valence-electron chi connectivity index (χ2n) is 3.31. The molecular weight excluding hydrogens is 240 g/mol. The number of benzene rings is 1. The van der Waals surface area contributed by atoms with Gasteiger partial charge in [-0.25, -0.2) is 0 Å². The quantitative estimate of drug-likeness (QED) is 0.784. The zero-order chi connectivity index (χ0) is 12.3. The third-order valence-corrected chi connectivity index (χ3v) is 2.57. The van der Waals surface area contributed by atoms with Crippen molar-refractivity contribution in [2.45, 2.75) is 0 Å². The van der Waals surface area contributed by atoms with Crippen molar-refractivity contribution < 1.29 is 9.53 Å². The lowest BCUT2D eigenvalue weighted by Crippen LogP contribution is -1.93. The zero-order valence-corrected chi connectivity index (χ0v) is 9.81. The number of hydrogen-bond donors (Lipinski definition) is 0. The van der Waals surface area contributed by atoms with Gasteiger partial charge in [-0.15, -0.1) is 10.2 Å². The second kappa shape index (κ2) is 4.93. The number of methoxy groups -OCH3 is 1. The highest BCUT2D eigenvalue weighted by atomic mass is 35.5. The molecule has 1 aromatic carbocycles. The van der Waals surface area contributed by atoms with Crippen LogP contribution in [-0.4, -0.2) is 23.6 Å². The summed E-state index contributed by atoms with van der Waals surface area (Å²) in [5, 5.41) is 8.20. The lowest BCUT2D eigenvalue weighted by atomic mass is 10.1. The molecule has 2 rings (SSSR count). The number of nitrogens with zero attached hydrogens (tertiary/aromatic N) is 2. The molecule has 0 spiro atoms. The largest absolute Gasteiger partial charge is 0.497 e. The first-order valence-corrected chi connectivity index (χ1v) is 5.25. The van der Waals surface area contributed by atoms with Crippen LogP contribution in [0.25, 0.3) is 11.3 Å². The molecular formula is C12H9ClN2O2. The number of aldehydes is 1. The molecule has 1 aromatic heterocycles. The summed E-state index contributed by atoms with van der Waals surface area (Å²) in [5.41, 5.74) is 1.65. The van der Waals surface area contributed by atoms with Crippen LogP contribution in [-0.2, 0) is 0 Å². The molecule has 0 amide bonds. The maximum atomic E-state index is 10.5. The number of aromatic nitrogens is 2. The molecule has 17 heavy (non-hydrogen) atoms. The van der Waals surface area contributed by atoms with Gasteiger partial charge in [-0.05, 0) is 30.3 Å². The Morgan fingerprint density at radius 2 is 2.06 bits per heavy atom. The van der Waals surface area contributed by atoms with E-state index in [-0.39, 0.29) is 0 Å². The Labute approximate surface area is 103 Å². The molecule has 0 radical (unpaired) electrons. The number of rotatable bonds is 3. The number of carbonyl (C=O) groups is 1. The van der Waals surface area contributed by atoms with E-state index in [1.54, 1.807) is 37.4 Å². The minimum Gasteiger partial charge on any atom is -0.497 e. The molecule has 0 unspecified atom stereocenters. The van der Waals surface area contributed by atoms with E-state index in [9.17, 15) is 4.79 Å². The molecule has 86 valence electrons. The minimum absolute atomic E-state index is 0.290. The number of carbonyl (C=O) groups excluding carboxylic acids is 1. The molecule has 0 saturated heterocycles. The van der Waals surface area contributed by atoms with Gasteiger partial charge in [0.1, 0.15) is 11.4 Å². The van der Waals surface area contributed by atoms with Gasteiger partial charge in [0, 0.05) is 5.56 Å². The first-order valence-electron chi connectivity index (χ1n) is 4.87. The zero-order valence-electron chi connectivity index (χ0n) is 9.05. The van der Waals surface area contributed by atoms with Crippen molar-refractivity contribution in [3.05, 3.63) is 41.0 Å². The maximum Gasteiger partial charge on any atom is 0.170 e. The molecule has 4 nitrogen and oxygen atoms in total. The maximum absolute atomic E-state index is 10.5. The molecule has 0 bridgehead atoms. The average Bonchev–Trinajstić information content (AvgIpc) is 2.39. The predicted molar refractivity (Wildman–Crippen MR) is 64.4 cm³/mol. The van der Waals surface area contributed by atoms with E-state index >= 15 is 0 Å². The van der Waals surface area contributed by atoms with E-state index in [1.807, 2.05) is 0 Å². The van der Waals surface area contributed by atoms with Gasteiger partial charge in [0.05, 0.1) is 17.8 Å². The summed E-state index contributed by atoms with van der Waals surface area (Å²) < 4.78 is 5.06. The highest BCUT2D eigenvalue weighted by molar-refractivity contribution is 6.33. The number of halogens is 1. The van der Waals surface area contributed by atoms with Gasteiger partial charge in [-0.3, -0.25) is 4.79 Å². The molecule has 0 aliphatic heterocycles. The van der Waals surface area contributed by atoms with E-state index in [2.05, 4.69) is 10.2 Å². The summed E-state index contributed by atoms with van der Waals surface area (Å²) in [4.78, 5) is 10.5. The van der Waals surface area contributed by atoms with Crippen molar-refractivity contribution in [1.29, 1.82) is 0 Å². The Balaban J connectivity index is 2.41. The van der Waals surface area contributed by atoms with Crippen LogP contribution in [0.3, 0.4) is 0 Å². The number of hydrogen-bond acceptors (Lipinski definition) is 4. The highest BCUT2D eigenvalue weighted by Gasteiger charge is 2.07. The van der Waals surface area contributed by atoms with Crippen LogP contribution >= 0.6 is 11.6 Å². The molecule has 5 heteroatoms. The Bertz CT molecular complexity index is 541. The van der Waals surface area contributed by atoms with E-state index < -0.39 is 0 Å². The minimum atomic E-state index is 0.290. The first-order chi connectivity index (χ1) is 8.24. The Morgan fingerprint density at radius 3 is 2.59 bits per heavy atom. The molecule has 0 saturated carbocycles. The third-order valence-electron chi connectivity index (χ3n) is 2.26. The van der Waals surface area contributed by atoms with Gasteiger partial charge in [0.2, 0.25) is 0 Å². The highest BCUT2D eigenvalue weighted by Crippen LogP contribution is 2.29. The van der Waals surface area contributed by atoms with Crippen molar-refractivity contribution in [2.75, 3.05) is 7.11 Å². The smallest absolute Gasteiger partial charge is 0.170 e. The van der Waals surface area contributed by atoms with Crippen molar-refractivity contribution in [2.24, 2.45) is 0 Å². The number of ether oxygens (including phenoxy) is 1. The monoisotopic (exact) mass is 248 g/mol. The lowest BCUT2D eigenvalue weighted by Gasteiger charge is -2.05. The fourth-order valence-electron chi connectivity index (χ4n) is 1.38. The molecule has 2 aromatic rings. The Hall–Kier alpha value is -1.94. The molecule has 1 heterocycles. The molecule has 0 fully saturated rings. The van der Waals surface area contributed by atoms with E-state index in [0.29, 0.717) is 28.4 Å². The average molecular weight is 249 g/mol. The van der Waals surface area contributed by atoms with Crippen molar-refractivity contribution in [3.8, 4) is 17.0 Å². The van der Waals surface area contributed by atoms with Crippen molar-refractivity contribution in [1.82, 2.24) is 10.2 Å². The normalized spacial score (nSPS) is 10.0. The topological polar surface area (TPSA) is 52.1 Å². The van der Waals surface area contributed by atoms with E-state index in [1.165, 1.54) is 0 Å². The predicted octanol–water partition coefficient (Wildman–Crippen LogP) is 2.62. The Morgan fingerprint density at radius 1 is 1.24 bits per heavy atom. The standard InChI is InChI=1S/C12H9ClN2O2/c1-17-9-3-4-10(11(13)6-9)12-5-2-8(7-16)14-15-12/h2-7H,1H3. The third kappa shape index (κ3) is 2.42. The van der Waals surface area contributed by atoms with Crippen molar-refractivity contribution >= 4 is 17.9 Å². The summed E-state index contributed by atoms with van der Waals surface area (Å²) in [7, 11) is 1.57. The van der Waals surface area contributed by atoms with Crippen LogP contribution in [0.1, 0.15) is 10.5 Å². The van der Waals surface area contributed by atoms with Gasteiger partial charge < -0.3 is 4.74 Å². The van der Waals surface area contributed by atoms with E-state index in [0.717, 1.165) is 5.56 Å². The molecule has 0 atom stereocenters. The van der Waals surface area contributed by atoms with Gasteiger partial charge in [-0.2, -0.15) is 0 Å². The van der Waals surface area contributed by atoms with Gasteiger partial charge in [-0.1, -0.05) is 11.6 Å². The Kier molecular flexibility index (Phi) is 3.35. The van der Waals surface area contributed by atoms with Crippen LogP contribution in [0, 0.1) is 0 Å². The summed E-state index contributed by atoms with van der Waals surface area (Å²) in [6.45, 7) is 0.